The van der Waals surface area contributed by atoms with Crippen molar-refractivity contribution in [2.24, 2.45) is 11.8 Å². The van der Waals surface area contributed by atoms with E-state index >= 15 is 0 Å². The summed E-state index contributed by atoms with van der Waals surface area (Å²) in [4.78, 5) is 10.7. The fraction of sp³-hybridized carbons (Fsp3) is 0.917. The van der Waals surface area contributed by atoms with Gasteiger partial charge in [-0.15, -0.1) is 0 Å². The average molecular weight is 229 g/mol. The molecule has 0 spiro atoms. The smallest absolute Gasteiger partial charge is 0.404 e. The molecule has 1 amide bonds. The molecule has 0 aromatic heterocycles. The molecule has 94 valence electrons. The van der Waals surface area contributed by atoms with E-state index in [4.69, 9.17) is 5.11 Å². The first-order chi connectivity index (χ1) is 7.56. The molecule has 3 atom stereocenters. The summed E-state index contributed by atoms with van der Waals surface area (Å²) >= 11 is 0. The number of amides is 1. The highest BCUT2D eigenvalue weighted by Crippen LogP contribution is 2.31. The summed E-state index contributed by atoms with van der Waals surface area (Å²) in [6.45, 7) is 4.00. The Morgan fingerprint density at radius 3 is 2.44 bits per heavy atom. The first kappa shape index (κ1) is 13.3. The number of aliphatic hydroxyl groups is 1. The van der Waals surface area contributed by atoms with Crippen LogP contribution in [0.1, 0.15) is 46.0 Å². The molecule has 0 saturated heterocycles. The van der Waals surface area contributed by atoms with E-state index in [2.05, 4.69) is 5.32 Å². The van der Waals surface area contributed by atoms with Crippen molar-refractivity contribution in [2.45, 2.75) is 58.1 Å². The van der Waals surface area contributed by atoms with Gasteiger partial charge in [-0.2, -0.15) is 0 Å². The standard InChI is InChI=1S/C12H23NO3/c1-3-8(2)10(13-12(15)16)11(14)9-6-4-5-7-9/h8-11,13-14H,3-7H2,1-2H3,(H,15,16). The molecule has 0 heterocycles. The molecule has 0 aliphatic heterocycles. The quantitative estimate of drug-likeness (QED) is 0.677. The van der Waals surface area contributed by atoms with Crippen molar-refractivity contribution >= 4 is 6.09 Å². The summed E-state index contributed by atoms with van der Waals surface area (Å²) in [5.41, 5.74) is 0. The Balaban J connectivity index is 2.62. The number of rotatable bonds is 5. The van der Waals surface area contributed by atoms with Crippen LogP contribution < -0.4 is 5.32 Å². The second-order valence-corrected chi connectivity index (χ2v) is 4.90. The number of carboxylic acid groups (broad SMARTS) is 1. The predicted molar refractivity (Wildman–Crippen MR) is 62.4 cm³/mol. The Labute approximate surface area is 97.0 Å². The second kappa shape index (κ2) is 6.09. The number of hydrogen-bond acceptors (Lipinski definition) is 2. The lowest BCUT2D eigenvalue weighted by Crippen LogP contribution is -2.49. The van der Waals surface area contributed by atoms with Gasteiger partial charge in [0, 0.05) is 0 Å². The third-order valence-corrected chi connectivity index (χ3v) is 3.80. The fourth-order valence-electron chi connectivity index (χ4n) is 2.55. The zero-order valence-electron chi connectivity index (χ0n) is 10.1. The van der Waals surface area contributed by atoms with Crippen molar-refractivity contribution in [3.63, 3.8) is 0 Å². The highest BCUT2D eigenvalue weighted by molar-refractivity contribution is 5.65. The van der Waals surface area contributed by atoms with Gasteiger partial charge in [0.25, 0.3) is 0 Å². The number of nitrogens with one attached hydrogen (secondary N) is 1. The number of carbonyl (C=O) groups is 1. The van der Waals surface area contributed by atoms with Crippen LogP contribution in [0.2, 0.25) is 0 Å². The predicted octanol–water partition coefficient (Wildman–Crippen LogP) is 2.22. The van der Waals surface area contributed by atoms with Gasteiger partial charge in [-0.25, -0.2) is 4.79 Å². The van der Waals surface area contributed by atoms with E-state index in [0.717, 1.165) is 32.1 Å². The zero-order chi connectivity index (χ0) is 12.1. The highest BCUT2D eigenvalue weighted by Gasteiger charge is 2.33. The van der Waals surface area contributed by atoms with Gasteiger partial charge in [0.05, 0.1) is 12.1 Å². The molecule has 0 aromatic carbocycles. The summed E-state index contributed by atoms with van der Waals surface area (Å²) in [5.74, 6) is 0.442. The zero-order valence-corrected chi connectivity index (χ0v) is 10.1. The van der Waals surface area contributed by atoms with Crippen molar-refractivity contribution in [2.75, 3.05) is 0 Å². The van der Waals surface area contributed by atoms with Gasteiger partial charge in [-0.1, -0.05) is 33.1 Å². The molecular weight excluding hydrogens is 206 g/mol. The normalized spacial score (nSPS) is 22.7. The van der Waals surface area contributed by atoms with E-state index in [9.17, 15) is 9.90 Å². The van der Waals surface area contributed by atoms with E-state index in [1.54, 1.807) is 0 Å². The maximum atomic E-state index is 10.7. The topological polar surface area (TPSA) is 69.6 Å². The van der Waals surface area contributed by atoms with E-state index in [1.807, 2.05) is 13.8 Å². The minimum absolute atomic E-state index is 0.173. The van der Waals surface area contributed by atoms with Crippen LogP contribution in [0.4, 0.5) is 4.79 Å². The Hall–Kier alpha value is -0.770. The average Bonchev–Trinajstić information content (AvgIpc) is 2.77. The van der Waals surface area contributed by atoms with Crippen LogP contribution in [0.25, 0.3) is 0 Å². The van der Waals surface area contributed by atoms with E-state index in [-0.39, 0.29) is 17.9 Å². The first-order valence-corrected chi connectivity index (χ1v) is 6.23. The number of aliphatic hydroxyl groups excluding tert-OH is 1. The van der Waals surface area contributed by atoms with Crippen molar-refractivity contribution in [3.05, 3.63) is 0 Å². The van der Waals surface area contributed by atoms with Crippen LogP contribution in [-0.2, 0) is 0 Å². The summed E-state index contributed by atoms with van der Waals surface area (Å²) in [6.07, 6.45) is 3.65. The van der Waals surface area contributed by atoms with E-state index < -0.39 is 12.2 Å². The van der Waals surface area contributed by atoms with Crippen LogP contribution in [0.3, 0.4) is 0 Å². The van der Waals surface area contributed by atoms with Crippen LogP contribution in [0.15, 0.2) is 0 Å². The highest BCUT2D eigenvalue weighted by atomic mass is 16.4. The van der Waals surface area contributed by atoms with Crippen molar-refractivity contribution < 1.29 is 15.0 Å². The molecular formula is C12H23NO3. The third-order valence-electron chi connectivity index (χ3n) is 3.80. The minimum atomic E-state index is -1.04. The van der Waals surface area contributed by atoms with Crippen LogP contribution in [-0.4, -0.2) is 28.5 Å². The maximum absolute atomic E-state index is 10.7. The Bertz CT molecular complexity index is 226. The van der Waals surface area contributed by atoms with Crippen LogP contribution in [0, 0.1) is 11.8 Å². The molecule has 1 aliphatic carbocycles. The SMILES string of the molecule is CCC(C)C(NC(=O)O)C(O)C1CCCC1. The first-order valence-electron chi connectivity index (χ1n) is 6.23. The van der Waals surface area contributed by atoms with Gasteiger partial charge in [0.15, 0.2) is 0 Å². The Morgan fingerprint density at radius 1 is 1.44 bits per heavy atom. The summed E-state index contributed by atoms with van der Waals surface area (Å²) in [5, 5.41) is 21.5. The summed E-state index contributed by atoms with van der Waals surface area (Å²) in [6, 6.07) is -0.328. The third kappa shape index (κ3) is 3.37. The second-order valence-electron chi connectivity index (χ2n) is 4.90. The van der Waals surface area contributed by atoms with Crippen molar-refractivity contribution in [1.29, 1.82) is 0 Å². The molecule has 3 N–H and O–H groups in total. The largest absolute Gasteiger partial charge is 0.465 e. The lowest BCUT2D eigenvalue weighted by atomic mass is 9.86. The molecule has 0 radical (unpaired) electrons. The lowest BCUT2D eigenvalue weighted by molar-refractivity contribution is 0.0493. The molecule has 1 saturated carbocycles. The van der Waals surface area contributed by atoms with E-state index in [0.29, 0.717) is 0 Å². The van der Waals surface area contributed by atoms with E-state index in [1.165, 1.54) is 0 Å². The molecule has 1 rings (SSSR count). The molecule has 1 fully saturated rings. The maximum Gasteiger partial charge on any atom is 0.404 e. The Kier molecular flexibility index (Phi) is 5.06. The molecule has 0 bridgehead atoms. The Morgan fingerprint density at radius 2 is 2.00 bits per heavy atom. The van der Waals surface area contributed by atoms with Gasteiger partial charge in [-0.3, -0.25) is 0 Å². The van der Waals surface area contributed by atoms with Gasteiger partial charge < -0.3 is 15.5 Å². The van der Waals surface area contributed by atoms with Crippen LogP contribution >= 0.6 is 0 Å². The molecule has 4 nitrogen and oxygen atoms in total. The van der Waals surface area contributed by atoms with Crippen molar-refractivity contribution in [1.82, 2.24) is 5.32 Å². The summed E-state index contributed by atoms with van der Waals surface area (Å²) in [7, 11) is 0. The van der Waals surface area contributed by atoms with Crippen molar-refractivity contribution in [3.8, 4) is 0 Å². The molecule has 1 aliphatic rings. The molecule has 16 heavy (non-hydrogen) atoms. The molecule has 3 unspecified atom stereocenters. The van der Waals surface area contributed by atoms with Crippen LogP contribution in [0.5, 0.6) is 0 Å². The molecule has 0 aromatic rings. The molecule has 4 heteroatoms. The lowest BCUT2D eigenvalue weighted by Gasteiger charge is -2.31. The minimum Gasteiger partial charge on any atom is -0.465 e. The van der Waals surface area contributed by atoms with Gasteiger partial charge >= 0.3 is 6.09 Å². The van der Waals surface area contributed by atoms with Gasteiger partial charge in [-0.05, 0) is 24.7 Å². The fourth-order valence-corrected chi connectivity index (χ4v) is 2.55. The number of hydrogen-bond donors (Lipinski definition) is 3. The monoisotopic (exact) mass is 229 g/mol. The summed E-state index contributed by atoms with van der Waals surface area (Å²) < 4.78 is 0. The van der Waals surface area contributed by atoms with Gasteiger partial charge in [0.1, 0.15) is 0 Å². The van der Waals surface area contributed by atoms with Gasteiger partial charge in [0.2, 0.25) is 0 Å².